The molecule has 1 aliphatic rings. The Hall–Kier alpha value is -0.380. The fourth-order valence-electron chi connectivity index (χ4n) is 2.35. The van der Waals surface area contributed by atoms with Gasteiger partial charge in [-0.05, 0) is 37.3 Å². The van der Waals surface area contributed by atoms with Crippen molar-refractivity contribution in [2.45, 2.75) is 25.4 Å². The lowest BCUT2D eigenvalue weighted by molar-refractivity contribution is -0.0584. The lowest BCUT2D eigenvalue weighted by Gasteiger charge is -2.36. The van der Waals surface area contributed by atoms with Crippen LogP contribution in [0.1, 0.15) is 25.3 Å². The van der Waals surface area contributed by atoms with Crippen LogP contribution in [0.4, 0.5) is 0 Å². The topological polar surface area (TPSA) is 29.5 Å². The monoisotopic (exact) mass is 284 g/mol. The van der Waals surface area contributed by atoms with Crippen LogP contribution < -0.4 is 0 Å². The highest BCUT2D eigenvalue weighted by atomic mass is 79.9. The quantitative estimate of drug-likeness (QED) is 0.904. The van der Waals surface area contributed by atoms with Gasteiger partial charge in [0.25, 0.3) is 0 Å². The minimum absolute atomic E-state index is 0.278. The SMILES string of the molecule is CC(O)(c1ccccc1Br)C1CCOCC1. The molecule has 1 atom stereocenters. The zero-order chi connectivity index (χ0) is 11.6. The standard InChI is InChI=1S/C13H17BrO2/c1-13(15,10-6-8-16-9-7-10)11-4-2-3-5-12(11)14/h2-5,10,15H,6-9H2,1H3. The summed E-state index contributed by atoms with van der Waals surface area (Å²) in [7, 11) is 0. The highest BCUT2D eigenvalue weighted by molar-refractivity contribution is 9.10. The van der Waals surface area contributed by atoms with Crippen molar-refractivity contribution in [3.05, 3.63) is 34.3 Å². The van der Waals surface area contributed by atoms with Crippen LogP contribution in [0, 0.1) is 5.92 Å². The summed E-state index contributed by atoms with van der Waals surface area (Å²) in [6, 6.07) is 7.89. The number of aliphatic hydroxyl groups is 1. The van der Waals surface area contributed by atoms with Gasteiger partial charge in [-0.1, -0.05) is 34.1 Å². The van der Waals surface area contributed by atoms with Crippen molar-refractivity contribution in [3.8, 4) is 0 Å². The van der Waals surface area contributed by atoms with Crippen LogP contribution in [0.3, 0.4) is 0 Å². The molecule has 2 rings (SSSR count). The highest BCUT2D eigenvalue weighted by Crippen LogP contribution is 2.38. The molecule has 1 fully saturated rings. The summed E-state index contributed by atoms with van der Waals surface area (Å²) in [6.45, 7) is 3.42. The lowest BCUT2D eigenvalue weighted by Crippen LogP contribution is -2.36. The van der Waals surface area contributed by atoms with Crippen molar-refractivity contribution in [2.75, 3.05) is 13.2 Å². The second kappa shape index (κ2) is 4.86. The molecule has 3 heteroatoms. The van der Waals surface area contributed by atoms with E-state index in [0.29, 0.717) is 0 Å². The molecular formula is C13H17BrO2. The van der Waals surface area contributed by atoms with E-state index in [1.54, 1.807) is 0 Å². The molecule has 0 radical (unpaired) electrons. The van der Waals surface area contributed by atoms with Crippen LogP contribution in [0.25, 0.3) is 0 Å². The van der Waals surface area contributed by atoms with Crippen molar-refractivity contribution < 1.29 is 9.84 Å². The predicted molar refractivity (Wildman–Crippen MR) is 67.3 cm³/mol. The molecular weight excluding hydrogens is 268 g/mol. The summed E-state index contributed by atoms with van der Waals surface area (Å²) in [5.41, 5.74) is 0.200. The number of halogens is 1. The zero-order valence-electron chi connectivity index (χ0n) is 9.45. The molecule has 1 aromatic carbocycles. The molecule has 1 aromatic rings. The van der Waals surface area contributed by atoms with Crippen LogP contribution in [-0.4, -0.2) is 18.3 Å². The van der Waals surface area contributed by atoms with Crippen LogP contribution in [0.5, 0.6) is 0 Å². The van der Waals surface area contributed by atoms with Crippen molar-refractivity contribution in [2.24, 2.45) is 5.92 Å². The molecule has 0 aromatic heterocycles. The van der Waals surface area contributed by atoms with E-state index in [2.05, 4.69) is 15.9 Å². The first-order chi connectivity index (χ1) is 7.62. The smallest absolute Gasteiger partial charge is 0.0909 e. The molecule has 0 saturated carbocycles. The van der Waals surface area contributed by atoms with Gasteiger partial charge in [-0.25, -0.2) is 0 Å². The van der Waals surface area contributed by atoms with E-state index in [4.69, 9.17) is 4.74 Å². The lowest BCUT2D eigenvalue weighted by atomic mass is 9.78. The molecule has 1 saturated heterocycles. The maximum absolute atomic E-state index is 10.7. The van der Waals surface area contributed by atoms with E-state index in [9.17, 15) is 5.11 Å². The minimum atomic E-state index is -0.774. The molecule has 1 unspecified atom stereocenters. The number of hydrogen-bond donors (Lipinski definition) is 1. The second-order valence-corrected chi connectivity index (χ2v) is 5.37. The summed E-state index contributed by atoms with van der Waals surface area (Å²) >= 11 is 3.51. The molecule has 2 nitrogen and oxygen atoms in total. The molecule has 0 bridgehead atoms. The Morgan fingerprint density at radius 1 is 1.31 bits per heavy atom. The van der Waals surface area contributed by atoms with Crippen LogP contribution in [0.15, 0.2) is 28.7 Å². The van der Waals surface area contributed by atoms with E-state index in [1.807, 2.05) is 31.2 Å². The van der Waals surface area contributed by atoms with Gasteiger partial charge in [0.15, 0.2) is 0 Å². The molecule has 16 heavy (non-hydrogen) atoms. The van der Waals surface area contributed by atoms with Crippen LogP contribution >= 0.6 is 15.9 Å². The number of ether oxygens (including phenoxy) is 1. The summed E-state index contributed by atoms with van der Waals surface area (Å²) in [5, 5.41) is 10.7. The van der Waals surface area contributed by atoms with E-state index in [1.165, 1.54) is 0 Å². The van der Waals surface area contributed by atoms with E-state index >= 15 is 0 Å². The Bertz CT molecular complexity index is 357. The van der Waals surface area contributed by atoms with Crippen molar-refractivity contribution in [3.63, 3.8) is 0 Å². The van der Waals surface area contributed by atoms with Crippen molar-refractivity contribution in [1.82, 2.24) is 0 Å². The Balaban J connectivity index is 2.26. The fraction of sp³-hybridized carbons (Fsp3) is 0.538. The minimum Gasteiger partial charge on any atom is -0.385 e. The van der Waals surface area contributed by atoms with Gasteiger partial charge in [0.2, 0.25) is 0 Å². The van der Waals surface area contributed by atoms with Gasteiger partial charge in [-0.15, -0.1) is 0 Å². The Kier molecular flexibility index (Phi) is 3.67. The Labute approximate surface area is 105 Å². The van der Waals surface area contributed by atoms with Crippen molar-refractivity contribution in [1.29, 1.82) is 0 Å². The van der Waals surface area contributed by atoms with E-state index in [0.717, 1.165) is 36.1 Å². The number of benzene rings is 1. The molecule has 0 spiro atoms. The normalized spacial score (nSPS) is 21.7. The van der Waals surface area contributed by atoms with Crippen molar-refractivity contribution >= 4 is 15.9 Å². The third-order valence-corrected chi connectivity index (χ3v) is 4.13. The maximum atomic E-state index is 10.7. The highest BCUT2D eigenvalue weighted by Gasteiger charge is 2.35. The van der Waals surface area contributed by atoms with Gasteiger partial charge in [0.1, 0.15) is 0 Å². The average molecular weight is 285 g/mol. The number of rotatable bonds is 2. The first kappa shape index (κ1) is 12.1. The molecule has 0 amide bonds. The molecule has 1 aliphatic heterocycles. The second-order valence-electron chi connectivity index (χ2n) is 4.51. The zero-order valence-corrected chi connectivity index (χ0v) is 11.0. The van der Waals surface area contributed by atoms with E-state index in [-0.39, 0.29) is 5.92 Å². The van der Waals surface area contributed by atoms with Gasteiger partial charge in [0, 0.05) is 17.7 Å². The van der Waals surface area contributed by atoms with Gasteiger partial charge in [-0.2, -0.15) is 0 Å². The number of hydrogen-bond acceptors (Lipinski definition) is 2. The van der Waals surface area contributed by atoms with Gasteiger partial charge < -0.3 is 9.84 Å². The van der Waals surface area contributed by atoms with Crippen LogP contribution in [-0.2, 0) is 10.3 Å². The molecule has 0 aliphatic carbocycles. The average Bonchev–Trinajstić information content (AvgIpc) is 2.30. The van der Waals surface area contributed by atoms with Gasteiger partial charge >= 0.3 is 0 Å². The summed E-state index contributed by atoms with van der Waals surface area (Å²) in [5.74, 6) is 0.278. The van der Waals surface area contributed by atoms with Gasteiger partial charge in [-0.3, -0.25) is 0 Å². The Morgan fingerprint density at radius 2 is 1.94 bits per heavy atom. The third-order valence-electron chi connectivity index (χ3n) is 3.44. The first-order valence-electron chi connectivity index (χ1n) is 5.67. The maximum Gasteiger partial charge on any atom is 0.0909 e. The van der Waals surface area contributed by atoms with Gasteiger partial charge in [0.05, 0.1) is 5.60 Å². The summed E-state index contributed by atoms with van der Waals surface area (Å²) in [6.07, 6.45) is 1.85. The molecule has 1 N–H and O–H groups in total. The summed E-state index contributed by atoms with van der Waals surface area (Å²) < 4.78 is 6.32. The summed E-state index contributed by atoms with van der Waals surface area (Å²) in [4.78, 5) is 0. The molecule has 1 heterocycles. The largest absolute Gasteiger partial charge is 0.385 e. The predicted octanol–water partition coefficient (Wildman–Crippen LogP) is 3.08. The Morgan fingerprint density at radius 3 is 2.56 bits per heavy atom. The van der Waals surface area contributed by atoms with Crippen LogP contribution in [0.2, 0.25) is 0 Å². The molecule has 88 valence electrons. The fourth-order valence-corrected chi connectivity index (χ4v) is 3.04. The third kappa shape index (κ3) is 2.31. The van der Waals surface area contributed by atoms with E-state index < -0.39 is 5.60 Å². The first-order valence-corrected chi connectivity index (χ1v) is 6.47.